The predicted molar refractivity (Wildman–Crippen MR) is 111 cm³/mol. The van der Waals surface area contributed by atoms with Gasteiger partial charge in [0.25, 0.3) is 5.91 Å². The molecule has 0 spiro atoms. The molecule has 28 heavy (non-hydrogen) atoms. The first kappa shape index (κ1) is 18.6. The number of piperidine rings is 1. The van der Waals surface area contributed by atoms with Crippen LogP contribution in [0.5, 0.6) is 0 Å². The van der Waals surface area contributed by atoms with E-state index in [1.807, 2.05) is 54.4 Å². The quantitative estimate of drug-likeness (QED) is 0.672. The van der Waals surface area contributed by atoms with Crippen molar-refractivity contribution in [3.63, 3.8) is 0 Å². The van der Waals surface area contributed by atoms with Gasteiger partial charge in [-0.2, -0.15) is 10.2 Å². The summed E-state index contributed by atoms with van der Waals surface area (Å²) in [5.74, 6) is 0.858. The monoisotopic (exact) mass is 440 g/mol. The van der Waals surface area contributed by atoms with Crippen LogP contribution in [0.4, 0.5) is 5.82 Å². The van der Waals surface area contributed by atoms with E-state index >= 15 is 0 Å². The molecule has 0 unspecified atom stereocenters. The minimum absolute atomic E-state index is 0.00327. The van der Waals surface area contributed by atoms with Gasteiger partial charge in [-0.25, -0.2) is 0 Å². The maximum atomic E-state index is 12.9. The lowest BCUT2D eigenvalue weighted by molar-refractivity contribution is 0.0707. The molecule has 8 heteroatoms. The minimum Gasteiger partial charge on any atom is -0.355 e. The Bertz CT molecular complexity index is 935. The summed E-state index contributed by atoms with van der Waals surface area (Å²) in [4.78, 5) is 16.9. The highest BCUT2D eigenvalue weighted by molar-refractivity contribution is 9.10. The Labute approximate surface area is 171 Å². The molecule has 3 heterocycles. The van der Waals surface area contributed by atoms with Crippen LogP contribution in [0.25, 0.3) is 11.3 Å². The molecular formula is C20H21BrN6O. The fourth-order valence-corrected chi connectivity index (χ4v) is 3.76. The highest BCUT2D eigenvalue weighted by Gasteiger charge is 2.27. The number of carbonyl (C=O) groups is 1. The molecule has 1 aliphatic rings. The molecule has 7 nitrogen and oxygen atoms in total. The van der Waals surface area contributed by atoms with Gasteiger partial charge >= 0.3 is 0 Å². The van der Waals surface area contributed by atoms with Crippen LogP contribution in [0.2, 0.25) is 0 Å². The topological polar surface area (TPSA) is 78.0 Å². The fraction of sp³-hybridized carbons (Fsp3) is 0.300. The summed E-state index contributed by atoms with van der Waals surface area (Å²) >= 11 is 3.43. The number of nitrogens with zero attached hydrogens (tertiary/aromatic N) is 5. The minimum atomic E-state index is -0.00327. The largest absolute Gasteiger partial charge is 0.355 e. The summed E-state index contributed by atoms with van der Waals surface area (Å²) in [7, 11) is 2.03. The van der Waals surface area contributed by atoms with Gasteiger partial charge in [0.05, 0.1) is 5.69 Å². The van der Waals surface area contributed by atoms with E-state index in [1.54, 1.807) is 6.20 Å². The van der Waals surface area contributed by atoms with E-state index in [1.165, 1.54) is 0 Å². The van der Waals surface area contributed by atoms with Gasteiger partial charge in [0.1, 0.15) is 5.69 Å². The number of halogens is 1. The van der Waals surface area contributed by atoms with Gasteiger partial charge < -0.3 is 9.80 Å². The van der Waals surface area contributed by atoms with Crippen LogP contribution in [-0.2, 0) is 0 Å². The standard InChI is InChI=1S/C20H21BrN6O/c1-26(19-3-2-10-22-25-19)16-8-11-27(12-9-16)20(28)18-13-17(23-24-18)14-4-6-15(21)7-5-14/h2-7,10,13,16H,8-9,11-12H2,1H3,(H,23,24). The molecule has 0 aliphatic carbocycles. The highest BCUT2D eigenvalue weighted by atomic mass is 79.9. The van der Waals surface area contributed by atoms with E-state index in [9.17, 15) is 4.79 Å². The van der Waals surface area contributed by atoms with Crippen molar-refractivity contribution in [1.29, 1.82) is 0 Å². The average Bonchev–Trinajstić information content (AvgIpc) is 3.24. The molecule has 4 rings (SSSR count). The van der Waals surface area contributed by atoms with Gasteiger partial charge in [-0.05, 0) is 43.2 Å². The summed E-state index contributed by atoms with van der Waals surface area (Å²) in [5.41, 5.74) is 2.27. The van der Waals surface area contributed by atoms with Crippen molar-refractivity contribution in [3.8, 4) is 11.3 Å². The smallest absolute Gasteiger partial charge is 0.271 e. The third-order valence-corrected chi connectivity index (χ3v) is 5.70. The molecule has 144 valence electrons. The zero-order valence-corrected chi connectivity index (χ0v) is 17.1. The Morgan fingerprint density at radius 2 is 1.96 bits per heavy atom. The molecule has 2 aromatic heterocycles. The number of aromatic amines is 1. The molecular weight excluding hydrogens is 420 g/mol. The maximum Gasteiger partial charge on any atom is 0.271 e. The van der Waals surface area contributed by atoms with Crippen LogP contribution in [0.1, 0.15) is 23.3 Å². The van der Waals surface area contributed by atoms with Gasteiger partial charge in [-0.3, -0.25) is 9.89 Å². The Kier molecular flexibility index (Phi) is 5.38. The van der Waals surface area contributed by atoms with E-state index in [0.717, 1.165) is 34.4 Å². The molecule has 1 aromatic carbocycles. The van der Waals surface area contributed by atoms with Gasteiger partial charge in [0, 0.05) is 42.4 Å². The highest BCUT2D eigenvalue weighted by Crippen LogP contribution is 2.23. The van der Waals surface area contributed by atoms with Crippen LogP contribution in [-0.4, -0.2) is 57.4 Å². The molecule has 1 aliphatic heterocycles. The second-order valence-electron chi connectivity index (χ2n) is 6.89. The van der Waals surface area contributed by atoms with Crippen molar-refractivity contribution in [2.45, 2.75) is 18.9 Å². The molecule has 1 N–H and O–H groups in total. The summed E-state index contributed by atoms with van der Waals surface area (Å²) < 4.78 is 1.01. The van der Waals surface area contributed by atoms with Gasteiger partial charge in [0.2, 0.25) is 0 Å². The third-order valence-electron chi connectivity index (χ3n) is 5.17. The zero-order chi connectivity index (χ0) is 19.5. The van der Waals surface area contributed by atoms with E-state index in [-0.39, 0.29) is 5.91 Å². The number of hydrogen-bond donors (Lipinski definition) is 1. The maximum absolute atomic E-state index is 12.9. The van der Waals surface area contributed by atoms with Gasteiger partial charge in [-0.1, -0.05) is 28.1 Å². The zero-order valence-electron chi connectivity index (χ0n) is 15.5. The first-order valence-corrected chi connectivity index (χ1v) is 10.0. The van der Waals surface area contributed by atoms with E-state index < -0.39 is 0 Å². The molecule has 1 amide bonds. The summed E-state index contributed by atoms with van der Waals surface area (Å²) in [5, 5.41) is 15.3. The second kappa shape index (κ2) is 8.10. The van der Waals surface area contributed by atoms with Crippen molar-refractivity contribution < 1.29 is 4.79 Å². The van der Waals surface area contributed by atoms with E-state index in [4.69, 9.17) is 0 Å². The van der Waals surface area contributed by atoms with Crippen molar-refractivity contribution >= 4 is 27.7 Å². The molecule has 0 saturated carbocycles. The van der Waals surface area contributed by atoms with Gasteiger partial charge in [0.15, 0.2) is 5.82 Å². The molecule has 0 radical (unpaired) electrons. The number of rotatable bonds is 4. The van der Waals surface area contributed by atoms with Gasteiger partial charge in [-0.15, -0.1) is 5.10 Å². The fourth-order valence-electron chi connectivity index (χ4n) is 3.49. The molecule has 1 fully saturated rings. The number of amides is 1. The second-order valence-corrected chi connectivity index (χ2v) is 7.81. The number of aromatic nitrogens is 4. The Morgan fingerprint density at radius 3 is 2.64 bits per heavy atom. The lowest BCUT2D eigenvalue weighted by atomic mass is 10.0. The number of carbonyl (C=O) groups excluding carboxylic acids is 1. The average molecular weight is 441 g/mol. The first-order valence-electron chi connectivity index (χ1n) is 9.23. The Balaban J connectivity index is 1.38. The normalized spacial score (nSPS) is 14.9. The number of H-pyrrole nitrogens is 1. The van der Waals surface area contributed by atoms with Crippen molar-refractivity contribution in [1.82, 2.24) is 25.3 Å². The molecule has 0 bridgehead atoms. The lowest BCUT2D eigenvalue weighted by Crippen LogP contribution is -2.46. The van der Waals surface area contributed by atoms with Crippen LogP contribution < -0.4 is 4.90 Å². The lowest BCUT2D eigenvalue weighted by Gasteiger charge is -2.36. The number of likely N-dealkylation sites (tertiary alicyclic amines) is 1. The van der Waals surface area contributed by atoms with Crippen molar-refractivity contribution in [3.05, 3.63) is 58.8 Å². The Hall–Kier alpha value is -2.74. The Morgan fingerprint density at radius 1 is 1.21 bits per heavy atom. The molecule has 0 atom stereocenters. The van der Waals surface area contributed by atoms with Crippen LogP contribution in [0.15, 0.2) is 53.1 Å². The SMILES string of the molecule is CN(c1cccnn1)C1CCN(C(=O)c2cc(-c3ccc(Br)cc3)n[nH]2)CC1. The molecule has 3 aromatic rings. The predicted octanol–water partition coefficient (Wildman–Crippen LogP) is 3.37. The number of nitrogens with one attached hydrogen (secondary N) is 1. The summed E-state index contributed by atoms with van der Waals surface area (Å²) in [6.45, 7) is 1.42. The number of benzene rings is 1. The van der Waals surface area contributed by atoms with Crippen molar-refractivity contribution in [2.24, 2.45) is 0 Å². The van der Waals surface area contributed by atoms with E-state index in [0.29, 0.717) is 24.8 Å². The third kappa shape index (κ3) is 3.91. The number of hydrogen-bond acceptors (Lipinski definition) is 5. The van der Waals surface area contributed by atoms with Crippen LogP contribution in [0.3, 0.4) is 0 Å². The van der Waals surface area contributed by atoms with E-state index in [2.05, 4.69) is 41.2 Å². The van der Waals surface area contributed by atoms with Crippen molar-refractivity contribution in [2.75, 3.05) is 25.0 Å². The first-order chi connectivity index (χ1) is 13.6. The summed E-state index contributed by atoms with van der Waals surface area (Å²) in [6.07, 6.45) is 3.46. The van der Waals surface area contributed by atoms with Crippen LogP contribution >= 0.6 is 15.9 Å². The summed E-state index contributed by atoms with van der Waals surface area (Å²) in [6, 6.07) is 13.9. The number of anilines is 1. The molecule has 1 saturated heterocycles. The van der Waals surface area contributed by atoms with Crippen LogP contribution in [0, 0.1) is 0 Å².